The molecule has 0 saturated carbocycles. The summed E-state index contributed by atoms with van der Waals surface area (Å²) in [5.41, 5.74) is 0.844. The number of hydrogen-bond donors (Lipinski definition) is 0. The predicted octanol–water partition coefficient (Wildman–Crippen LogP) is 5.13. The largest absolute Gasteiger partial charge is 0.465 e. The van der Waals surface area contributed by atoms with Crippen LogP contribution in [0.15, 0.2) is 52.4 Å². The van der Waals surface area contributed by atoms with E-state index in [1.807, 2.05) is 6.92 Å². The average molecular weight is 437 g/mol. The van der Waals surface area contributed by atoms with Gasteiger partial charge in [-0.1, -0.05) is 48.3 Å². The zero-order valence-electron chi connectivity index (χ0n) is 15.2. The molecule has 0 aliphatic rings. The van der Waals surface area contributed by atoms with E-state index in [9.17, 15) is 9.59 Å². The van der Waals surface area contributed by atoms with E-state index in [4.69, 9.17) is 27.9 Å². The van der Waals surface area contributed by atoms with Gasteiger partial charge in [-0.25, -0.2) is 4.98 Å². The lowest BCUT2D eigenvalue weighted by molar-refractivity contribution is -0.140. The quantitative estimate of drug-likeness (QED) is 0.222. The van der Waals surface area contributed by atoms with Gasteiger partial charge in [-0.15, -0.1) is 0 Å². The van der Waals surface area contributed by atoms with Crippen LogP contribution in [0.1, 0.15) is 19.8 Å². The standard InChI is InChI=1S/C20H18Cl2N2O3S/c1-2-3-10-27-18(25)12-28-20-23-17-11-14(22)6-9-16(17)19(26)24(20)15-7-4-13(21)5-8-15/h4-9,11H,2-3,10,12H2,1H3. The summed E-state index contributed by atoms with van der Waals surface area (Å²) < 4.78 is 6.66. The molecule has 0 amide bonds. The van der Waals surface area contributed by atoms with Gasteiger partial charge >= 0.3 is 5.97 Å². The van der Waals surface area contributed by atoms with E-state index in [-0.39, 0.29) is 17.3 Å². The Morgan fingerprint density at radius 1 is 1.14 bits per heavy atom. The Hall–Kier alpha value is -2.02. The smallest absolute Gasteiger partial charge is 0.316 e. The number of aromatic nitrogens is 2. The van der Waals surface area contributed by atoms with Crippen molar-refractivity contribution in [1.29, 1.82) is 0 Å². The molecule has 8 heteroatoms. The number of rotatable bonds is 7. The van der Waals surface area contributed by atoms with E-state index in [0.29, 0.717) is 38.4 Å². The summed E-state index contributed by atoms with van der Waals surface area (Å²) in [6.07, 6.45) is 1.77. The zero-order valence-corrected chi connectivity index (χ0v) is 17.5. The lowest BCUT2D eigenvalue weighted by Gasteiger charge is -2.13. The first-order chi connectivity index (χ1) is 13.5. The highest BCUT2D eigenvalue weighted by Gasteiger charge is 2.15. The minimum atomic E-state index is -0.346. The molecule has 0 aliphatic heterocycles. The maximum absolute atomic E-state index is 13.1. The number of hydrogen-bond acceptors (Lipinski definition) is 5. The molecule has 0 N–H and O–H groups in total. The summed E-state index contributed by atoms with van der Waals surface area (Å²) in [5.74, 6) is -0.294. The van der Waals surface area contributed by atoms with Crippen LogP contribution in [0.5, 0.6) is 0 Å². The fourth-order valence-electron chi connectivity index (χ4n) is 2.55. The van der Waals surface area contributed by atoms with Gasteiger partial charge in [0.15, 0.2) is 5.16 Å². The monoisotopic (exact) mass is 436 g/mol. The van der Waals surface area contributed by atoms with E-state index in [1.165, 1.54) is 4.57 Å². The number of nitrogens with zero attached hydrogens (tertiary/aromatic N) is 2. The first kappa shape index (κ1) is 20.7. The van der Waals surface area contributed by atoms with Gasteiger partial charge in [-0.2, -0.15) is 0 Å². The molecule has 3 rings (SSSR count). The van der Waals surface area contributed by atoms with Crippen molar-refractivity contribution in [3.05, 3.63) is 62.9 Å². The predicted molar refractivity (Wildman–Crippen MR) is 114 cm³/mol. The number of thioether (sulfide) groups is 1. The molecule has 0 spiro atoms. The van der Waals surface area contributed by atoms with Crippen molar-refractivity contribution in [1.82, 2.24) is 9.55 Å². The summed E-state index contributed by atoms with van der Waals surface area (Å²) in [7, 11) is 0. The van der Waals surface area contributed by atoms with Crippen molar-refractivity contribution in [2.45, 2.75) is 24.9 Å². The minimum Gasteiger partial charge on any atom is -0.465 e. The van der Waals surface area contributed by atoms with Gasteiger partial charge in [0.1, 0.15) is 0 Å². The number of esters is 1. The fraction of sp³-hybridized carbons (Fsp3) is 0.250. The summed E-state index contributed by atoms with van der Waals surface area (Å²) >= 11 is 13.2. The van der Waals surface area contributed by atoms with Crippen LogP contribution in [0, 0.1) is 0 Å². The van der Waals surface area contributed by atoms with Crippen LogP contribution in [-0.2, 0) is 9.53 Å². The molecule has 0 unspecified atom stereocenters. The third-order valence-electron chi connectivity index (χ3n) is 3.97. The fourth-order valence-corrected chi connectivity index (χ4v) is 3.65. The highest BCUT2D eigenvalue weighted by Crippen LogP contribution is 2.24. The second-order valence-corrected chi connectivity index (χ2v) is 7.85. The van der Waals surface area contributed by atoms with E-state index in [1.54, 1.807) is 42.5 Å². The first-order valence-electron chi connectivity index (χ1n) is 8.76. The first-order valence-corrected chi connectivity index (χ1v) is 10.5. The van der Waals surface area contributed by atoms with Crippen LogP contribution in [-0.4, -0.2) is 27.9 Å². The van der Waals surface area contributed by atoms with Crippen molar-refractivity contribution in [3.63, 3.8) is 0 Å². The lowest BCUT2D eigenvalue weighted by atomic mass is 10.2. The Labute approximate surface area is 176 Å². The number of carbonyl (C=O) groups is 1. The second kappa shape index (κ2) is 9.45. The van der Waals surface area contributed by atoms with Gasteiger partial charge in [0.2, 0.25) is 0 Å². The SMILES string of the molecule is CCCCOC(=O)CSc1nc2cc(Cl)ccc2c(=O)n1-c1ccc(Cl)cc1. The minimum absolute atomic E-state index is 0.0514. The molecule has 28 heavy (non-hydrogen) atoms. The maximum Gasteiger partial charge on any atom is 0.316 e. The van der Waals surface area contributed by atoms with Gasteiger partial charge in [0.25, 0.3) is 5.56 Å². The highest BCUT2D eigenvalue weighted by atomic mass is 35.5. The van der Waals surface area contributed by atoms with Crippen LogP contribution in [0.3, 0.4) is 0 Å². The highest BCUT2D eigenvalue weighted by molar-refractivity contribution is 7.99. The summed E-state index contributed by atoms with van der Waals surface area (Å²) in [6, 6.07) is 11.8. The van der Waals surface area contributed by atoms with Gasteiger partial charge in [-0.05, 0) is 48.9 Å². The van der Waals surface area contributed by atoms with Crippen LogP contribution in [0.4, 0.5) is 0 Å². The maximum atomic E-state index is 13.1. The summed E-state index contributed by atoms with van der Waals surface area (Å²) in [4.78, 5) is 29.7. The number of halogens is 2. The van der Waals surface area contributed by atoms with Crippen LogP contribution < -0.4 is 5.56 Å². The molecule has 5 nitrogen and oxygen atoms in total. The van der Waals surface area contributed by atoms with Gasteiger partial charge in [-0.3, -0.25) is 14.2 Å². The van der Waals surface area contributed by atoms with Gasteiger partial charge in [0.05, 0.1) is 29.0 Å². The number of carbonyl (C=O) groups excluding carboxylic acids is 1. The Bertz CT molecular complexity index is 1050. The van der Waals surface area contributed by atoms with Crippen molar-refractivity contribution < 1.29 is 9.53 Å². The number of fused-ring (bicyclic) bond motifs is 1. The van der Waals surface area contributed by atoms with Crippen LogP contribution in [0.2, 0.25) is 10.0 Å². The molecule has 0 aliphatic carbocycles. The molecule has 1 heterocycles. The Morgan fingerprint density at radius 3 is 2.57 bits per heavy atom. The van der Waals surface area contributed by atoms with Gasteiger partial charge in [0, 0.05) is 10.0 Å². The summed E-state index contributed by atoms with van der Waals surface area (Å²) in [6.45, 7) is 2.41. The number of ether oxygens (including phenoxy) is 1. The Balaban J connectivity index is 2.00. The lowest BCUT2D eigenvalue weighted by Crippen LogP contribution is -2.22. The molecule has 0 bridgehead atoms. The molecule has 0 saturated heterocycles. The van der Waals surface area contributed by atoms with E-state index in [0.717, 1.165) is 24.6 Å². The second-order valence-electron chi connectivity index (χ2n) is 6.04. The Kier molecular flexibility index (Phi) is 6.99. The van der Waals surface area contributed by atoms with E-state index < -0.39 is 0 Å². The molecule has 146 valence electrons. The van der Waals surface area contributed by atoms with Crippen molar-refractivity contribution >= 4 is 51.8 Å². The molecule has 1 aromatic heterocycles. The average Bonchev–Trinajstić information content (AvgIpc) is 2.67. The molecule has 0 fully saturated rings. The topological polar surface area (TPSA) is 61.2 Å². The van der Waals surface area contributed by atoms with Crippen molar-refractivity contribution in [2.75, 3.05) is 12.4 Å². The molecule has 3 aromatic rings. The Morgan fingerprint density at radius 2 is 1.86 bits per heavy atom. The molecule has 0 atom stereocenters. The third kappa shape index (κ3) is 4.87. The molecule has 2 aromatic carbocycles. The zero-order chi connectivity index (χ0) is 20.1. The third-order valence-corrected chi connectivity index (χ3v) is 5.36. The van der Waals surface area contributed by atoms with Gasteiger partial charge < -0.3 is 4.74 Å². The molecular formula is C20H18Cl2N2O3S. The van der Waals surface area contributed by atoms with Crippen molar-refractivity contribution in [2.24, 2.45) is 0 Å². The van der Waals surface area contributed by atoms with Crippen LogP contribution >= 0.6 is 35.0 Å². The molecular weight excluding hydrogens is 419 g/mol. The van der Waals surface area contributed by atoms with E-state index in [2.05, 4.69) is 4.98 Å². The normalized spacial score (nSPS) is 11.0. The van der Waals surface area contributed by atoms with Crippen LogP contribution in [0.25, 0.3) is 16.6 Å². The molecule has 0 radical (unpaired) electrons. The number of unbranched alkanes of at least 4 members (excludes halogenated alkanes) is 1. The van der Waals surface area contributed by atoms with Crippen molar-refractivity contribution in [3.8, 4) is 5.69 Å². The summed E-state index contributed by atoms with van der Waals surface area (Å²) in [5, 5.41) is 1.87. The number of benzene rings is 2. The van der Waals surface area contributed by atoms with E-state index >= 15 is 0 Å².